The predicted molar refractivity (Wildman–Crippen MR) is 58.8 cm³/mol. The summed E-state index contributed by atoms with van der Waals surface area (Å²) in [6.45, 7) is 0. The quantitative estimate of drug-likeness (QED) is 0.835. The molecular weight excluding hydrogens is 273 g/mol. The molecule has 0 aliphatic carbocycles. The van der Waals surface area contributed by atoms with E-state index in [1.54, 1.807) is 10.6 Å². The van der Waals surface area contributed by atoms with Crippen molar-refractivity contribution >= 4 is 29.2 Å². The summed E-state index contributed by atoms with van der Waals surface area (Å²) in [6, 6.07) is -0.326. The van der Waals surface area contributed by atoms with Gasteiger partial charge in [-0.3, -0.25) is 10.1 Å². The normalized spacial score (nSPS) is 10.0. The van der Waals surface area contributed by atoms with E-state index in [1.807, 2.05) is 0 Å². The zero-order valence-electron chi connectivity index (χ0n) is 8.90. The van der Waals surface area contributed by atoms with E-state index in [0.717, 1.165) is 0 Å². The smallest absolute Gasteiger partial charge is 0.302 e. The van der Waals surface area contributed by atoms with Crippen LogP contribution in [-0.2, 0) is 4.79 Å². The Kier molecular flexibility index (Phi) is 4.96. The van der Waals surface area contributed by atoms with Gasteiger partial charge in [-0.25, -0.2) is 18.0 Å². The number of carbonyl (C=O) groups is 2. The number of rotatable bonds is 3. The van der Waals surface area contributed by atoms with E-state index in [0.29, 0.717) is 12.1 Å². The Morgan fingerprint density at radius 1 is 1.17 bits per heavy atom. The topological polar surface area (TPSA) is 58.2 Å². The molecule has 18 heavy (non-hydrogen) atoms. The molecule has 0 atom stereocenters. The molecule has 0 radical (unpaired) electrons. The second-order valence-corrected chi connectivity index (χ2v) is 3.56. The third-order valence-electron chi connectivity index (χ3n) is 1.82. The van der Waals surface area contributed by atoms with Gasteiger partial charge in [-0.15, -0.1) is 11.6 Å². The minimum absolute atomic E-state index is 0.00160. The van der Waals surface area contributed by atoms with Crippen LogP contribution in [0.5, 0.6) is 0 Å². The predicted octanol–water partition coefficient (Wildman–Crippen LogP) is 2.38. The number of amides is 3. The summed E-state index contributed by atoms with van der Waals surface area (Å²) in [5.74, 6) is -4.39. The fraction of sp³-hybridized carbons (Fsp3) is 0.200. The van der Waals surface area contributed by atoms with E-state index in [9.17, 15) is 22.8 Å². The third-order valence-corrected chi connectivity index (χ3v) is 2.01. The van der Waals surface area contributed by atoms with Gasteiger partial charge < -0.3 is 5.32 Å². The fourth-order valence-electron chi connectivity index (χ4n) is 1.08. The Balaban J connectivity index is 2.73. The molecule has 0 aliphatic rings. The molecule has 0 aromatic heterocycles. The van der Waals surface area contributed by atoms with Gasteiger partial charge in [0.25, 0.3) is 0 Å². The Morgan fingerprint density at radius 2 is 1.72 bits per heavy atom. The standard InChI is InChI=1S/C10H8ClF3N2O2/c11-2-1-8(17)15-10(18)16-9-6(13)3-5(12)4-7(9)14/h3-4H,1-2H2,(H2,15,16,17,18). The number of anilines is 1. The number of hydrogen-bond acceptors (Lipinski definition) is 2. The van der Waals surface area contributed by atoms with Crippen molar-refractivity contribution in [2.24, 2.45) is 0 Å². The van der Waals surface area contributed by atoms with Crippen LogP contribution in [0.3, 0.4) is 0 Å². The Bertz CT molecular complexity index is 459. The van der Waals surface area contributed by atoms with Gasteiger partial charge in [0.05, 0.1) is 0 Å². The van der Waals surface area contributed by atoms with Crippen molar-refractivity contribution < 1.29 is 22.8 Å². The molecule has 0 aliphatic heterocycles. The lowest BCUT2D eigenvalue weighted by Gasteiger charge is -2.08. The van der Waals surface area contributed by atoms with Crippen molar-refractivity contribution in [1.82, 2.24) is 5.32 Å². The van der Waals surface area contributed by atoms with Crippen LogP contribution in [0.4, 0.5) is 23.7 Å². The Hall–Kier alpha value is -1.76. The van der Waals surface area contributed by atoms with Gasteiger partial charge in [-0.2, -0.15) is 0 Å². The molecule has 0 spiro atoms. The SMILES string of the molecule is O=C(CCCl)NC(=O)Nc1c(F)cc(F)cc1F. The van der Waals surface area contributed by atoms with Gasteiger partial charge in [-0.1, -0.05) is 0 Å². The lowest BCUT2D eigenvalue weighted by Crippen LogP contribution is -2.34. The molecule has 0 fully saturated rings. The lowest BCUT2D eigenvalue weighted by molar-refractivity contribution is -0.119. The van der Waals surface area contributed by atoms with E-state index in [-0.39, 0.29) is 12.3 Å². The summed E-state index contributed by atoms with van der Waals surface area (Å²) < 4.78 is 38.8. The molecule has 0 bridgehead atoms. The summed E-state index contributed by atoms with van der Waals surface area (Å²) in [5, 5.41) is 3.56. The molecule has 0 saturated heterocycles. The average molecular weight is 281 g/mol. The molecule has 2 N–H and O–H groups in total. The first-order valence-corrected chi connectivity index (χ1v) is 5.29. The summed E-state index contributed by atoms with van der Waals surface area (Å²) in [4.78, 5) is 22.1. The monoisotopic (exact) mass is 280 g/mol. The van der Waals surface area contributed by atoms with E-state index in [1.165, 1.54) is 0 Å². The van der Waals surface area contributed by atoms with Crippen LogP contribution in [0, 0.1) is 17.5 Å². The van der Waals surface area contributed by atoms with Crippen molar-refractivity contribution in [2.45, 2.75) is 6.42 Å². The van der Waals surface area contributed by atoms with Crippen molar-refractivity contribution in [3.05, 3.63) is 29.6 Å². The molecule has 1 aromatic carbocycles. The number of benzene rings is 1. The van der Waals surface area contributed by atoms with Crippen molar-refractivity contribution in [3.8, 4) is 0 Å². The number of imide groups is 1. The van der Waals surface area contributed by atoms with Gasteiger partial charge >= 0.3 is 6.03 Å². The van der Waals surface area contributed by atoms with E-state index < -0.39 is 35.1 Å². The first-order chi connectivity index (χ1) is 8.43. The minimum Gasteiger partial charge on any atom is -0.302 e. The van der Waals surface area contributed by atoms with Crippen molar-refractivity contribution in [2.75, 3.05) is 11.2 Å². The van der Waals surface area contributed by atoms with Crippen LogP contribution >= 0.6 is 11.6 Å². The maximum absolute atomic E-state index is 13.1. The maximum atomic E-state index is 13.1. The molecule has 4 nitrogen and oxygen atoms in total. The first-order valence-electron chi connectivity index (χ1n) is 4.75. The lowest BCUT2D eigenvalue weighted by atomic mass is 10.3. The second-order valence-electron chi connectivity index (χ2n) is 3.19. The number of carbonyl (C=O) groups excluding carboxylic acids is 2. The second kappa shape index (κ2) is 6.25. The number of hydrogen-bond donors (Lipinski definition) is 2. The average Bonchev–Trinajstić information content (AvgIpc) is 2.23. The third kappa shape index (κ3) is 3.92. The van der Waals surface area contributed by atoms with Gasteiger partial charge in [0.1, 0.15) is 11.5 Å². The van der Waals surface area contributed by atoms with Crippen LogP contribution in [0.1, 0.15) is 6.42 Å². The van der Waals surface area contributed by atoms with Gasteiger partial charge in [-0.05, 0) is 0 Å². The maximum Gasteiger partial charge on any atom is 0.326 e. The highest BCUT2D eigenvalue weighted by Gasteiger charge is 2.15. The van der Waals surface area contributed by atoms with Crippen LogP contribution in [0.25, 0.3) is 0 Å². The summed E-state index contributed by atoms with van der Waals surface area (Å²) >= 11 is 5.25. The van der Waals surface area contributed by atoms with Crippen LogP contribution < -0.4 is 10.6 Å². The zero-order valence-corrected chi connectivity index (χ0v) is 9.65. The van der Waals surface area contributed by atoms with E-state index in [4.69, 9.17) is 11.6 Å². The summed E-state index contributed by atoms with van der Waals surface area (Å²) in [6.07, 6.45) is -0.122. The van der Waals surface area contributed by atoms with Crippen molar-refractivity contribution in [3.63, 3.8) is 0 Å². The zero-order chi connectivity index (χ0) is 13.7. The number of nitrogens with one attached hydrogen (secondary N) is 2. The molecule has 3 amide bonds. The number of halogens is 4. The Morgan fingerprint density at radius 3 is 2.22 bits per heavy atom. The van der Waals surface area contributed by atoms with Gasteiger partial charge in [0.15, 0.2) is 11.6 Å². The molecule has 0 unspecified atom stereocenters. The highest BCUT2D eigenvalue weighted by molar-refractivity contribution is 6.19. The van der Waals surface area contributed by atoms with E-state index in [2.05, 4.69) is 0 Å². The van der Waals surface area contributed by atoms with Crippen LogP contribution in [0.15, 0.2) is 12.1 Å². The number of alkyl halides is 1. The van der Waals surface area contributed by atoms with Crippen LogP contribution in [-0.4, -0.2) is 17.8 Å². The van der Waals surface area contributed by atoms with Crippen LogP contribution in [0.2, 0.25) is 0 Å². The molecule has 98 valence electrons. The molecule has 0 saturated carbocycles. The Labute approximate surface area is 105 Å². The molecule has 1 rings (SSSR count). The van der Waals surface area contributed by atoms with E-state index >= 15 is 0 Å². The highest BCUT2D eigenvalue weighted by atomic mass is 35.5. The molecule has 0 heterocycles. The highest BCUT2D eigenvalue weighted by Crippen LogP contribution is 2.19. The first kappa shape index (κ1) is 14.3. The summed E-state index contributed by atoms with van der Waals surface area (Å²) in [5.41, 5.74) is -0.840. The molecular formula is C10H8ClF3N2O2. The van der Waals surface area contributed by atoms with Gasteiger partial charge in [0, 0.05) is 24.4 Å². The molecule has 8 heteroatoms. The molecule has 1 aromatic rings. The fourth-order valence-corrected chi connectivity index (χ4v) is 1.25. The minimum atomic E-state index is -1.28. The van der Waals surface area contributed by atoms with Crippen molar-refractivity contribution in [1.29, 1.82) is 0 Å². The summed E-state index contributed by atoms with van der Waals surface area (Å²) in [7, 11) is 0. The number of urea groups is 1. The largest absolute Gasteiger partial charge is 0.326 e. The van der Waals surface area contributed by atoms with Gasteiger partial charge in [0.2, 0.25) is 5.91 Å².